The third kappa shape index (κ3) is 7.51. The summed E-state index contributed by atoms with van der Waals surface area (Å²) in [6.45, 7) is 0. The zero-order valence-corrected chi connectivity index (χ0v) is 23.1. The van der Waals surface area contributed by atoms with Crippen LogP contribution in [0.5, 0.6) is 5.75 Å². The first-order valence-corrected chi connectivity index (χ1v) is 13.4. The highest BCUT2D eigenvalue weighted by Crippen LogP contribution is 2.37. The first kappa shape index (κ1) is 28.0. The minimum Gasteiger partial charge on any atom is -0.495 e. The van der Waals surface area contributed by atoms with Crippen molar-refractivity contribution >= 4 is 69.6 Å². The van der Waals surface area contributed by atoms with Gasteiger partial charge in [-0.3, -0.25) is 4.79 Å². The number of thiocarbonyl (C=S) groups is 1. The summed E-state index contributed by atoms with van der Waals surface area (Å²) in [5.74, 6) is -0.817. The topological polar surface area (TPSA) is 99.7 Å². The number of halogens is 1. The number of para-hydroxylation sites is 2. The molecule has 0 aliphatic rings. The number of rotatable bonds is 9. The fourth-order valence-electron chi connectivity index (χ4n) is 3.69. The lowest BCUT2D eigenvalue weighted by Crippen LogP contribution is -2.20. The van der Waals surface area contributed by atoms with Crippen LogP contribution in [0, 0.1) is 0 Å². The highest BCUT2D eigenvalue weighted by Gasteiger charge is 2.23. The Labute approximate surface area is 240 Å². The van der Waals surface area contributed by atoms with Gasteiger partial charge in [0.15, 0.2) is 5.11 Å². The van der Waals surface area contributed by atoms with Crippen molar-refractivity contribution in [3.8, 4) is 5.75 Å². The van der Waals surface area contributed by atoms with Crippen molar-refractivity contribution in [3.05, 3.63) is 113 Å². The van der Waals surface area contributed by atoms with Crippen molar-refractivity contribution in [1.29, 1.82) is 0 Å². The molecule has 1 amide bonds. The smallest absolute Gasteiger partial charge is 0.337 e. The van der Waals surface area contributed by atoms with E-state index in [-0.39, 0.29) is 16.5 Å². The molecule has 0 saturated carbocycles. The summed E-state index contributed by atoms with van der Waals surface area (Å²) in [5, 5.41) is 18.4. The Morgan fingerprint density at radius 1 is 0.872 bits per heavy atom. The molecule has 0 fully saturated rings. The van der Waals surface area contributed by atoms with Crippen molar-refractivity contribution in [2.45, 2.75) is 10.1 Å². The summed E-state index contributed by atoms with van der Waals surface area (Å²) < 4.78 is 5.36. The number of hydrogen-bond donors (Lipinski definition) is 4. The zero-order valence-electron chi connectivity index (χ0n) is 20.7. The second-order valence-corrected chi connectivity index (χ2v) is 10.2. The lowest BCUT2D eigenvalue weighted by Gasteiger charge is -2.18. The van der Waals surface area contributed by atoms with Crippen molar-refractivity contribution in [3.63, 3.8) is 0 Å². The molecule has 10 heteroatoms. The molecule has 0 aliphatic heterocycles. The molecule has 0 heterocycles. The largest absolute Gasteiger partial charge is 0.495 e. The molecular weight excluding hydrogens is 554 g/mol. The van der Waals surface area contributed by atoms with Gasteiger partial charge >= 0.3 is 5.97 Å². The summed E-state index contributed by atoms with van der Waals surface area (Å²) >= 11 is 12.8. The van der Waals surface area contributed by atoms with Gasteiger partial charge in [0, 0.05) is 16.3 Å². The van der Waals surface area contributed by atoms with Crippen LogP contribution in [0.3, 0.4) is 0 Å². The average Bonchev–Trinajstić information content (AvgIpc) is 2.93. The van der Waals surface area contributed by atoms with E-state index in [0.29, 0.717) is 16.5 Å². The minimum atomic E-state index is -1.17. The molecule has 0 aromatic heterocycles. The van der Waals surface area contributed by atoms with E-state index >= 15 is 0 Å². The highest BCUT2D eigenvalue weighted by atomic mass is 35.5. The second kappa shape index (κ2) is 13.1. The molecule has 39 heavy (non-hydrogen) atoms. The molecule has 0 spiro atoms. The maximum atomic E-state index is 13.4. The average molecular weight is 578 g/mol. The van der Waals surface area contributed by atoms with Crippen molar-refractivity contribution < 1.29 is 19.4 Å². The number of carbonyl (C=O) groups is 2. The summed E-state index contributed by atoms with van der Waals surface area (Å²) in [7, 11) is 1.59. The summed E-state index contributed by atoms with van der Waals surface area (Å²) in [5.41, 5.74) is 2.51. The number of carbonyl (C=O) groups excluding carboxylic acids is 1. The normalized spacial score (nSPS) is 11.2. The molecule has 0 saturated heterocycles. The Morgan fingerprint density at radius 3 is 2.33 bits per heavy atom. The van der Waals surface area contributed by atoms with E-state index in [1.807, 2.05) is 78.9 Å². The SMILES string of the molecule is COc1ccccc1NC(=S)Nc1cccc(SC(C(=O)Nc2ccc(Cl)c(C(=O)O)c2)c2ccccc2)c1. The van der Waals surface area contributed by atoms with E-state index in [1.54, 1.807) is 13.2 Å². The third-order valence-corrected chi connectivity index (χ3v) is 7.29. The number of methoxy groups -OCH3 is 1. The molecule has 0 aliphatic carbocycles. The molecular formula is C29H24ClN3O4S2. The van der Waals surface area contributed by atoms with Crippen molar-refractivity contribution in [2.24, 2.45) is 0 Å². The molecule has 4 aromatic rings. The number of anilines is 3. The van der Waals surface area contributed by atoms with Crippen LogP contribution in [-0.4, -0.2) is 29.2 Å². The quantitative estimate of drug-likeness (QED) is 0.121. The van der Waals surface area contributed by atoms with Gasteiger partial charge in [-0.2, -0.15) is 0 Å². The number of hydrogen-bond acceptors (Lipinski definition) is 5. The molecule has 0 radical (unpaired) electrons. The molecule has 1 unspecified atom stereocenters. The van der Waals surface area contributed by atoms with Crippen LogP contribution in [0.25, 0.3) is 0 Å². The lowest BCUT2D eigenvalue weighted by molar-refractivity contribution is -0.115. The zero-order chi connectivity index (χ0) is 27.8. The van der Waals surface area contributed by atoms with E-state index in [2.05, 4.69) is 16.0 Å². The molecule has 4 rings (SSSR count). The fraction of sp³-hybridized carbons (Fsp3) is 0.0690. The van der Waals surface area contributed by atoms with Gasteiger partial charge < -0.3 is 25.8 Å². The molecule has 7 nitrogen and oxygen atoms in total. The Morgan fingerprint density at radius 2 is 1.59 bits per heavy atom. The molecule has 1 atom stereocenters. The number of carboxylic acid groups (broad SMARTS) is 1. The first-order chi connectivity index (χ1) is 18.8. The van der Waals surface area contributed by atoms with E-state index in [1.165, 1.54) is 23.9 Å². The van der Waals surface area contributed by atoms with E-state index in [9.17, 15) is 14.7 Å². The van der Waals surface area contributed by atoms with Gasteiger partial charge in [-0.05, 0) is 66.3 Å². The number of ether oxygens (including phenoxy) is 1. The number of benzene rings is 4. The Bertz CT molecular complexity index is 1500. The van der Waals surface area contributed by atoms with Crippen LogP contribution >= 0.6 is 35.6 Å². The number of amides is 1. The monoisotopic (exact) mass is 577 g/mol. The number of nitrogens with one attached hydrogen (secondary N) is 3. The lowest BCUT2D eigenvalue weighted by atomic mass is 10.1. The Balaban J connectivity index is 1.52. The molecule has 4 aromatic carbocycles. The van der Waals surface area contributed by atoms with Gasteiger partial charge in [0.05, 0.1) is 23.4 Å². The third-order valence-electron chi connectivity index (χ3n) is 5.51. The number of carboxylic acids is 1. The maximum Gasteiger partial charge on any atom is 0.337 e. The van der Waals surface area contributed by atoms with Gasteiger partial charge in [-0.25, -0.2) is 4.79 Å². The van der Waals surface area contributed by atoms with Gasteiger partial charge in [0.1, 0.15) is 11.0 Å². The standard InChI is InChI=1S/C29H24ClN3O4S2/c1-37-25-13-6-5-12-24(25)33-29(38)32-19-10-7-11-21(16-19)39-26(18-8-3-2-4-9-18)27(34)31-20-14-15-23(30)22(17-20)28(35)36/h2-17,26H,1H3,(H,31,34)(H,35,36)(H2,32,33,38). The van der Waals surface area contributed by atoms with Gasteiger partial charge in [-0.1, -0.05) is 60.1 Å². The van der Waals surface area contributed by atoms with Crippen LogP contribution in [0.2, 0.25) is 5.02 Å². The molecule has 4 N–H and O–H groups in total. The number of thioether (sulfide) groups is 1. The van der Waals surface area contributed by atoms with Crippen molar-refractivity contribution in [1.82, 2.24) is 0 Å². The maximum absolute atomic E-state index is 13.4. The van der Waals surface area contributed by atoms with Crippen LogP contribution in [0.1, 0.15) is 21.2 Å². The summed E-state index contributed by atoms with van der Waals surface area (Å²) in [4.78, 5) is 25.7. The van der Waals surface area contributed by atoms with Gasteiger partial charge in [0.25, 0.3) is 0 Å². The summed E-state index contributed by atoms with van der Waals surface area (Å²) in [6, 6.07) is 28.7. The molecule has 198 valence electrons. The second-order valence-electron chi connectivity index (χ2n) is 8.20. The van der Waals surface area contributed by atoms with Crippen LogP contribution < -0.4 is 20.7 Å². The van der Waals surface area contributed by atoms with Crippen LogP contribution in [0.4, 0.5) is 17.1 Å². The van der Waals surface area contributed by atoms with Crippen LogP contribution in [-0.2, 0) is 4.79 Å². The van der Waals surface area contributed by atoms with E-state index in [4.69, 9.17) is 28.6 Å². The highest BCUT2D eigenvalue weighted by molar-refractivity contribution is 8.00. The fourth-order valence-corrected chi connectivity index (χ4v) is 5.20. The van der Waals surface area contributed by atoms with Gasteiger partial charge in [-0.15, -0.1) is 11.8 Å². The van der Waals surface area contributed by atoms with Crippen LogP contribution in [0.15, 0.2) is 102 Å². The predicted molar refractivity (Wildman–Crippen MR) is 161 cm³/mol. The van der Waals surface area contributed by atoms with Gasteiger partial charge in [0.2, 0.25) is 5.91 Å². The summed E-state index contributed by atoms with van der Waals surface area (Å²) in [6.07, 6.45) is 0. The van der Waals surface area contributed by atoms with E-state index in [0.717, 1.165) is 21.8 Å². The number of aromatic carboxylic acids is 1. The minimum absolute atomic E-state index is 0.0881. The van der Waals surface area contributed by atoms with Crippen molar-refractivity contribution in [2.75, 3.05) is 23.1 Å². The Hall–Kier alpha value is -4.05. The molecule has 0 bridgehead atoms. The first-order valence-electron chi connectivity index (χ1n) is 11.7. The van der Waals surface area contributed by atoms with E-state index < -0.39 is 11.2 Å². The Kier molecular flexibility index (Phi) is 9.43. The predicted octanol–water partition coefficient (Wildman–Crippen LogP) is 7.33.